The van der Waals surface area contributed by atoms with E-state index in [0.29, 0.717) is 10.0 Å². The summed E-state index contributed by atoms with van der Waals surface area (Å²) in [5, 5.41) is 3.54. The minimum absolute atomic E-state index is 0.118. The molecule has 0 unspecified atom stereocenters. The number of rotatable bonds is 4. The molecule has 8 nitrogen and oxygen atoms in total. The van der Waals surface area contributed by atoms with Crippen LogP contribution in [0.25, 0.3) is 11.2 Å². The van der Waals surface area contributed by atoms with E-state index in [1.54, 1.807) is 18.2 Å². The van der Waals surface area contributed by atoms with E-state index in [0.717, 1.165) is 5.56 Å². The van der Waals surface area contributed by atoms with Crippen LogP contribution < -0.4 is 16.6 Å². The van der Waals surface area contributed by atoms with Crippen LogP contribution in [0.5, 0.6) is 0 Å². The summed E-state index contributed by atoms with van der Waals surface area (Å²) in [7, 11) is 0. The largest absolute Gasteiger partial charge is 0.350 e. The summed E-state index contributed by atoms with van der Waals surface area (Å²) in [6.07, 6.45) is 1.31. The number of halogens is 2. The fourth-order valence-electron chi connectivity index (χ4n) is 2.19. The molecule has 124 valence electrons. The zero-order chi connectivity index (χ0) is 17.3. The Hall–Kier alpha value is -2.58. The third kappa shape index (κ3) is 3.34. The molecule has 0 spiro atoms. The Morgan fingerprint density at radius 1 is 1.21 bits per heavy atom. The summed E-state index contributed by atoms with van der Waals surface area (Å²) < 4.78 is 1.36. The van der Waals surface area contributed by atoms with Crippen LogP contribution in [-0.4, -0.2) is 25.4 Å². The zero-order valence-corrected chi connectivity index (χ0v) is 13.6. The van der Waals surface area contributed by atoms with E-state index in [1.165, 1.54) is 10.9 Å². The van der Waals surface area contributed by atoms with Crippen molar-refractivity contribution in [2.24, 2.45) is 0 Å². The number of carbonyl (C=O) groups excluding carboxylic acids is 1. The van der Waals surface area contributed by atoms with Gasteiger partial charge in [0.2, 0.25) is 5.91 Å². The molecule has 0 saturated heterocycles. The van der Waals surface area contributed by atoms with Gasteiger partial charge in [-0.25, -0.2) is 9.78 Å². The predicted octanol–water partition coefficient (Wildman–Crippen LogP) is 1.04. The molecule has 0 saturated carbocycles. The lowest BCUT2D eigenvalue weighted by Crippen LogP contribution is -2.29. The van der Waals surface area contributed by atoms with E-state index >= 15 is 0 Å². The second-order valence-corrected chi connectivity index (χ2v) is 5.82. The Morgan fingerprint density at radius 3 is 2.75 bits per heavy atom. The van der Waals surface area contributed by atoms with Gasteiger partial charge in [-0.3, -0.25) is 19.6 Å². The molecule has 24 heavy (non-hydrogen) atoms. The highest BCUT2D eigenvalue weighted by Gasteiger charge is 2.11. The van der Waals surface area contributed by atoms with Crippen molar-refractivity contribution in [2.45, 2.75) is 13.1 Å². The predicted molar refractivity (Wildman–Crippen MR) is 89.3 cm³/mol. The second-order valence-electron chi connectivity index (χ2n) is 5.00. The Morgan fingerprint density at radius 2 is 2.00 bits per heavy atom. The van der Waals surface area contributed by atoms with Gasteiger partial charge in [-0.15, -0.1) is 0 Å². The molecule has 3 rings (SSSR count). The van der Waals surface area contributed by atoms with Crippen molar-refractivity contribution in [1.29, 1.82) is 0 Å². The molecular formula is C14H11Cl2N5O3. The zero-order valence-electron chi connectivity index (χ0n) is 12.1. The van der Waals surface area contributed by atoms with Crippen LogP contribution in [0.3, 0.4) is 0 Å². The maximum Gasteiger partial charge on any atom is 0.327 e. The molecule has 0 radical (unpaired) electrons. The minimum atomic E-state index is -0.651. The van der Waals surface area contributed by atoms with Gasteiger partial charge >= 0.3 is 5.69 Å². The first-order chi connectivity index (χ1) is 11.4. The van der Waals surface area contributed by atoms with Crippen molar-refractivity contribution in [3.05, 3.63) is 61.0 Å². The van der Waals surface area contributed by atoms with Crippen molar-refractivity contribution >= 4 is 40.3 Å². The molecular weight excluding hydrogens is 357 g/mol. The average molecular weight is 368 g/mol. The van der Waals surface area contributed by atoms with Gasteiger partial charge in [0.05, 0.1) is 16.4 Å². The van der Waals surface area contributed by atoms with E-state index in [-0.39, 0.29) is 30.2 Å². The van der Waals surface area contributed by atoms with Crippen molar-refractivity contribution in [3.8, 4) is 0 Å². The fraction of sp³-hybridized carbons (Fsp3) is 0.143. The fourth-order valence-corrected chi connectivity index (χ4v) is 2.51. The van der Waals surface area contributed by atoms with Crippen LogP contribution >= 0.6 is 23.2 Å². The van der Waals surface area contributed by atoms with E-state index in [1.807, 2.05) is 0 Å². The lowest BCUT2D eigenvalue weighted by Gasteiger charge is -2.07. The van der Waals surface area contributed by atoms with Crippen LogP contribution in [0.1, 0.15) is 5.56 Å². The maximum absolute atomic E-state index is 12.1. The molecule has 0 aliphatic rings. The van der Waals surface area contributed by atoms with Gasteiger partial charge in [0, 0.05) is 6.54 Å². The standard InChI is InChI=1S/C14H11Cl2N5O3/c15-8-2-1-7(3-9(8)16)4-17-10(22)5-21-6-18-12-11(21)13(23)20-14(24)19-12/h1-3,6H,4-5H2,(H,17,22)(H2,19,20,23,24). The number of benzene rings is 1. The number of amides is 1. The van der Waals surface area contributed by atoms with Gasteiger partial charge in [-0.2, -0.15) is 0 Å². The summed E-state index contributed by atoms with van der Waals surface area (Å²) in [6.45, 7) is 0.141. The Balaban J connectivity index is 1.72. The average Bonchev–Trinajstić information content (AvgIpc) is 2.91. The number of aromatic nitrogens is 4. The number of hydrogen-bond acceptors (Lipinski definition) is 4. The van der Waals surface area contributed by atoms with Crippen molar-refractivity contribution < 1.29 is 4.79 Å². The number of aromatic amines is 2. The summed E-state index contributed by atoms with van der Waals surface area (Å²) in [6, 6.07) is 5.05. The Kier molecular flexibility index (Phi) is 4.41. The topological polar surface area (TPSA) is 113 Å². The molecule has 1 amide bonds. The van der Waals surface area contributed by atoms with Gasteiger partial charge in [0.25, 0.3) is 5.56 Å². The second kappa shape index (κ2) is 6.50. The SMILES string of the molecule is O=C(Cn1cnc2[nH]c(=O)[nH]c(=O)c21)NCc1ccc(Cl)c(Cl)c1. The monoisotopic (exact) mass is 367 g/mol. The van der Waals surface area contributed by atoms with Gasteiger partial charge in [0.15, 0.2) is 11.2 Å². The van der Waals surface area contributed by atoms with E-state index in [2.05, 4.69) is 20.3 Å². The van der Waals surface area contributed by atoms with Gasteiger partial charge in [-0.05, 0) is 17.7 Å². The molecule has 0 aliphatic heterocycles. The smallest absolute Gasteiger partial charge is 0.327 e. The molecule has 0 bridgehead atoms. The quantitative estimate of drug-likeness (QED) is 0.639. The molecule has 2 aromatic heterocycles. The number of nitrogens with zero attached hydrogens (tertiary/aromatic N) is 2. The highest BCUT2D eigenvalue weighted by molar-refractivity contribution is 6.42. The van der Waals surface area contributed by atoms with E-state index in [9.17, 15) is 14.4 Å². The molecule has 10 heteroatoms. The third-order valence-corrected chi connectivity index (χ3v) is 4.04. The molecule has 2 heterocycles. The summed E-state index contributed by atoms with van der Waals surface area (Å²) in [5.41, 5.74) is -0.221. The van der Waals surface area contributed by atoms with Gasteiger partial charge in [-0.1, -0.05) is 29.3 Å². The van der Waals surface area contributed by atoms with Crippen LogP contribution in [0.4, 0.5) is 0 Å². The summed E-state index contributed by atoms with van der Waals surface area (Å²) in [4.78, 5) is 43.5. The molecule has 0 atom stereocenters. The number of imidazole rings is 1. The number of nitrogens with one attached hydrogen (secondary N) is 3. The minimum Gasteiger partial charge on any atom is -0.350 e. The first-order valence-electron chi connectivity index (χ1n) is 6.82. The Bertz CT molecular complexity index is 1040. The van der Waals surface area contributed by atoms with Crippen LogP contribution in [0.2, 0.25) is 10.0 Å². The number of hydrogen-bond donors (Lipinski definition) is 3. The maximum atomic E-state index is 12.1. The van der Waals surface area contributed by atoms with Crippen LogP contribution in [0.15, 0.2) is 34.1 Å². The lowest BCUT2D eigenvalue weighted by atomic mass is 10.2. The molecule has 3 aromatic rings. The van der Waals surface area contributed by atoms with E-state index in [4.69, 9.17) is 23.2 Å². The van der Waals surface area contributed by atoms with Gasteiger partial charge < -0.3 is 9.88 Å². The van der Waals surface area contributed by atoms with Crippen molar-refractivity contribution in [2.75, 3.05) is 0 Å². The summed E-state index contributed by atoms with van der Waals surface area (Å²) >= 11 is 11.7. The lowest BCUT2D eigenvalue weighted by molar-refractivity contribution is -0.121. The molecule has 0 aliphatic carbocycles. The highest BCUT2D eigenvalue weighted by atomic mass is 35.5. The number of fused-ring (bicyclic) bond motifs is 1. The summed E-state index contributed by atoms with van der Waals surface area (Å²) in [5.74, 6) is -0.328. The normalized spacial score (nSPS) is 10.9. The number of H-pyrrole nitrogens is 2. The van der Waals surface area contributed by atoms with Crippen LogP contribution in [-0.2, 0) is 17.9 Å². The molecule has 1 aromatic carbocycles. The highest BCUT2D eigenvalue weighted by Crippen LogP contribution is 2.22. The molecule has 0 fully saturated rings. The van der Waals surface area contributed by atoms with Gasteiger partial charge in [0.1, 0.15) is 6.54 Å². The van der Waals surface area contributed by atoms with Crippen LogP contribution in [0, 0.1) is 0 Å². The molecule has 3 N–H and O–H groups in total. The van der Waals surface area contributed by atoms with Crippen molar-refractivity contribution in [1.82, 2.24) is 24.8 Å². The van der Waals surface area contributed by atoms with E-state index < -0.39 is 11.2 Å². The first kappa shape index (κ1) is 16.3. The third-order valence-electron chi connectivity index (χ3n) is 3.30. The first-order valence-corrected chi connectivity index (χ1v) is 7.57. The van der Waals surface area contributed by atoms with Crippen molar-refractivity contribution in [3.63, 3.8) is 0 Å². The number of carbonyl (C=O) groups is 1. The Labute approximate surface area is 144 Å².